The van der Waals surface area contributed by atoms with Gasteiger partial charge in [-0.1, -0.05) is 0 Å². The van der Waals surface area contributed by atoms with Gasteiger partial charge in [-0.3, -0.25) is 4.90 Å². The number of likely N-dealkylation sites (N-methyl/N-ethyl adjacent to an activating group) is 1. The lowest BCUT2D eigenvalue weighted by Crippen LogP contribution is -2.39. The van der Waals surface area contributed by atoms with Gasteiger partial charge in [-0.15, -0.1) is 0 Å². The van der Waals surface area contributed by atoms with Crippen molar-refractivity contribution in [2.24, 2.45) is 11.7 Å². The average molecular weight is 278 g/mol. The molecule has 1 atom stereocenters. The Hall–Kier alpha value is -1.26. The smallest absolute Gasteiger partial charge is 0.161 e. The number of benzene rings is 1. The second kappa shape index (κ2) is 6.46. The van der Waals surface area contributed by atoms with Crippen LogP contribution in [0.4, 0.5) is 0 Å². The number of aryl methyl sites for hydroxylation is 1. The van der Waals surface area contributed by atoms with Crippen LogP contribution in [0.2, 0.25) is 0 Å². The molecule has 0 radical (unpaired) electrons. The minimum atomic E-state index is 0.488. The van der Waals surface area contributed by atoms with Crippen molar-refractivity contribution in [3.8, 4) is 11.5 Å². The molecule has 0 aliphatic heterocycles. The van der Waals surface area contributed by atoms with Crippen molar-refractivity contribution in [3.63, 3.8) is 0 Å². The summed E-state index contributed by atoms with van der Waals surface area (Å²) in [5.41, 5.74) is 8.41. The zero-order valence-electron chi connectivity index (χ0n) is 13.0. The summed E-state index contributed by atoms with van der Waals surface area (Å²) in [5.74, 6) is 2.36. The van der Waals surface area contributed by atoms with E-state index in [0.29, 0.717) is 6.04 Å². The van der Waals surface area contributed by atoms with Crippen LogP contribution in [-0.4, -0.2) is 38.8 Å². The highest BCUT2D eigenvalue weighted by molar-refractivity contribution is 5.47. The second-order valence-electron chi connectivity index (χ2n) is 5.69. The van der Waals surface area contributed by atoms with Crippen molar-refractivity contribution < 1.29 is 9.47 Å². The Morgan fingerprint density at radius 2 is 1.85 bits per heavy atom. The third-order valence-corrected chi connectivity index (χ3v) is 4.24. The van der Waals surface area contributed by atoms with Crippen LogP contribution < -0.4 is 15.2 Å². The van der Waals surface area contributed by atoms with Gasteiger partial charge >= 0.3 is 0 Å². The highest BCUT2D eigenvalue weighted by Crippen LogP contribution is 2.36. The lowest BCUT2D eigenvalue weighted by atomic mass is 10.1. The number of methoxy groups -OCH3 is 2. The van der Waals surface area contributed by atoms with E-state index < -0.39 is 0 Å². The van der Waals surface area contributed by atoms with E-state index >= 15 is 0 Å². The molecule has 1 fully saturated rings. The SMILES string of the molecule is COc1cc(C)c(CN(C)C(CN)C2CC2)cc1OC. The number of ether oxygens (including phenoxy) is 2. The normalized spacial score (nSPS) is 16.3. The molecular formula is C16H26N2O2. The molecule has 4 nitrogen and oxygen atoms in total. The summed E-state index contributed by atoms with van der Waals surface area (Å²) in [6, 6.07) is 4.60. The fourth-order valence-electron chi connectivity index (χ4n) is 2.79. The van der Waals surface area contributed by atoms with Crippen molar-refractivity contribution in [2.75, 3.05) is 27.8 Å². The van der Waals surface area contributed by atoms with Crippen molar-refractivity contribution in [1.82, 2.24) is 4.90 Å². The van der Waals surface area contributed by atoms with E-state index in [1.54, 1.807) is 14.2 Å². The summed E-state index contributed by atoms with van der Waals surface area (Å²) in [6.07, 6.45) is 2.63. The fourth-order valence-corrected chi connectivity index (χ4v) is 2.79. The largest absolute Gasteiger partial charge is 0.493 e. The van der Waals surface area contributed by atoms with Crippen LogP contribution >= 0.6 is 0 Å². The summed E-state index contributed by atoms with van der Waals surface area (Å²) < 4.78 is 10.7. The molecule has 112 valence electrons. The van der Waals surface area contributed by atoms with E-state index in [9.17, 15) is 0 Å². The highest BCUT2D eigenvalue weighted by atomic mass is 16.5. The van der Waals surface area contributed by atoms with Gasteiger partial charge in [0, 0.05) is 19.1 Å². The molecule has 1 unspecified atom stereocenters. The second-order valence-corrected chi connectivity index (χ2v) is 5.69. The molecule has 0 saturated heterocycles. The number of hydrogen-bond acceptors (Lipinski definition) is 4. The predicted octanol–water partition coefficient (Wildman–Crippen LogP) is 2.18. The minimum absolute atomic E-state index is 0.488. The summed E-state index contributed by atoms with van der Waals surface area (Å²) in [4.78, 5) is 2.37. The van der Waals surface area contributed by atoms with Gasteiger partial charge in [-0.2, -0.15) is 0 Å². The van der Waals surface area contributed by atoms with E-state index in [0.717, 1.165) is 30.5 Å². The first kappa shape index (κ1) is 15.1. The van der Waals surface area contributed by atoms with Crippen molar-refractivity contribution in [3.05, 3.63) is 23.3 Å². The summed E-state index contributed by atoms with van der Waals surface area (Å²) in [6.45, 7) is 3.73. The molecule has 1 aliphatic carbocycles. The molecule has 0 spiro atoms. The first-order chi connectivity index (χ1) is 9.60. The Labute approximate surface area is 121 Å². The number of rotatable bonds is 7. The minimum Gasteiger partial charge on any atom is -0.493 e. The van der Waals surface area contributed by atoms with E-state index in [1.165, 1.54) is 24.0 Å². The average Bonchev–Trinajstić information content (AvgIpc) is 3.26. The molecule has 0 amide bonds. The van der Waals surface area contributed by atoms with Gasteiger partial charge in [0.2, 0.25) is 0 Å². The first-order valence-electron chi connectivity index (χ1n) is 7.22. The van der Waals surface area contributed by atoms with Gasteiger partial charge in [0.05, 0.1) is 14.2 Å². The molecule has 2 rings (SSSR count). The van der Waals surface area contributed by atoms with Gasteiger partial charge in [0.25, 0.3) is 0 Å². The third-order valence-electron chi connectivity index (χ3n) is 4.24. The predicted molar refractivity (Wildman–Crippen MR) is 81.3 cm³/mol. The van der Waals surface area contributed by atoms with Crippen LogP contribution in [-0.2, 0) is 6.54 Å². The molecule has 0 aromatic heterocycles. The van der Waals surface area contributed by atoms with Crippen LogP contribution in [0.5, 0.6) is 11.5 Å². The summed E-state index contributed by atoms with van der Waals surface area (Å²) in [5, 5.41) is 0. The van der Waals surface area contributed by atoms with Gasteiger partial charge in [-0.05, 0) is 56.0 Å². The Kier molecular flexibility index (Phi) is 4.89. The first-order valence-corrected chi connectivity index (χ1v) is 7.22. The zero-order valence-corrected chi connectivity index (χ0v) is 13.0. The van der Waals surface area contributed by atoms with Crippen molar-refractivity contribution in [1.29, 1.82) is 0 Å². The molecule has 2 N–H and O–H groups in total. The van der Waals surface area contributed by atoms with Gasteiger partial charge in [-0.25, -0.2) is 0 Å². The van der Waals surface area contributed by atoms with E-state index in [-0.39, 0.29) is 0 Å². The maximum Gasteiger partial charge on any atom is 0.161 e. The summed E-state index contributed by atoms with van der Waals surface area (Å²) >= 11 is 0. The van der Waals surface area contributed by atoms with Gasteiger partial charge in [0.15, 0.2) is 11.5 Å². The third kappa shape index (κ3) is 3.25. The van der Waals surface area contributed by atoms with Crippen molar-refractivity contribution in [2.45, 2.75) is 32.4 Å². The van der Waals surface area contributed by atoms with E-state index in [4.69, 9.17) is 15.2 Å². The Bertz CT molecular complexity index is 458. The molecule has 4 heteroatoms. The fraction of sp³-hybridized carbons (Fsp3) is 0.625. The Morgan fingerprint density at radius 3 is 2.35 bits per heavy atom. The molecular weight excluding hydrogens is 252 g/mol. The maximum absolute atomic E-state index is 5.92. The maximum atomic E-state index is 5.92. The Balaban J connectivity index is 2.15. The molecule has 1 aromatic carbocycles. The van der Waals surface area contributed by atoms with Crippen LogP contribution in [0, 0.1) is 12.8 Å². The van der Waals surface area contributed by atoms with Gasteiger partial charge in [0.1, 0.15) is 0 Å². The highest BCUT2D eigenvalue weighted by Gasteiger charge is 2.32. The topological polar surface area (TPSA) is 47.7 Å². The van der Waals surface area contributed by atoms with Crippen molar-refractivity contribution >= 4 is 0 Å². The monoisotopic (exact) mass is 278 g/mol. The Morgan fingerprint density at radius 1 is 1.25 bits per heavy atom. The van der Waals surface area contributed by atoms with Crippen LogP contribution in [0.1, 0.15) is 24.0 Å². The van der Waals surface area contributed by atoms with Crippen LogP contribution in [0.25, 0.3) is 0 Å². The van der Waals surface area contributed by atoms with Gasteiger partial charge < -0.3 is 15.2 Å². The number of nitrogens with two attached hydrogens (primary N) is 1. The van der Waals surface area contributed by atoms with E-state index in [2.05, 4.69) is 24.9 Å². The number of hydrogen-bond donors (Lipinski definition) is 1. The summed E-state index contributed by atoms with van der Waals surface area (Å²) in [7, 11) is 5.50. The van der Waals surface area contributed by atoms with Crippen LogP contribution in [0.3, 0.4) is 0 Å². The molecule has 0 heterocycles. The lowest BCUT2D eigenvalue weighted by molar-refractivity contribution is 0.215. The van der Waals surface area contributed by atoms with E-state index in [1.807, 2.05) is 6.07 Å². The molecule has 0 bridgehead atoms. The molecule has 1 aromatic rings. The quantitative estimate of drug-likeness (QED) is 0.830. The molecule has 1 aliphatic rings. The lowest BCUT2D eigenvalue weighted by Gasteiger charge is -2.28. The zero-order chi connectivity index (χ0) is 14.7. The molecule has 20 heavy (non-hydrogen) atoms. The standard InChI is InChI=1S/C16H26N2O2/c1-11-7-15(19-3)16(20-4)8-13(11)10-18(2)14(9-17)12-5-6-12/h7-8,12,14H,5-6,9-10,17H2,1-4H3. The molecule has 1 saturated carbocycles. The van der Waals surface area contributed by atoms with Crippen LogP contribution in [0.15, 0.2) is 12.1 Å². The number of nitrogens with zero attached hydrogens (tertiary/aromatic N) is 1.